The lowest BCUT2D eigenvalue weighted by molar-refractivity contribution is -0.106. The fourth-order valence-corrected chi connectivity index (χ4v) is 4.75. The number of hydrogen-bond donors (Lipinski definition) is 1. The van der Waals surface area contributed by atoms with Crippen LogP contribution in [0.2, 0.25) is 0 Å². The van der Waals surface area contributed by atoms with E-state index in [4.69, 9.17) is 15.2 Å². The number of primary amides is 1. The van der Waals surface area contributed by atoms with Crippen molar-refractivity contribution < 1.29 is 14.3 Å². The minimum atomic E-state index is -0.515. The van der Waals surface area contributed by atoms with Crippen molar-refractivity contribution >= 4 is 38.6 Å². The van der Waals surface area contributed by atoms with Crippen LogP contribution in [0.5, 0.6) is 5.75 Å². The maximum absolute atomic E-state index is 11.4. The van der Waals surface area contributed by atoms with Gasteiger partial charge in [-0.05, 0) is 47.0 Å². The molecule has 0 radical (unpaired) electrons. The molecule has 30 heavy (non-hydrogen) atoms. The van der Waals surface area contributed by atoms with Crippen molar-refractivity contribution in [2.75, 3.05) is 25.1 Å². The molecule has 3 aromatic rings. The molecule has 1 saturated heterocycles. The molecule has 9 nitrogen and oxygen atoms in total. The van der Waals surface area contributed by atoms with Crippen molar-refractivity contribution in [3.63, 3.8) is 0 Å². The molecule has 0 unspecified atom stereocenters. The van der Waals surface area contributed by atoms with Crippen molar-refractivity contribution in [1.29, 1.82) is 0 Å². The second-order valence-corrected chi connectivity index (χ2v) is 8.56. The molecule has 2 aliphatic heterocycles. The molecule has 0 bridgehead atoms. The molecule has 1 aromatic carbocycles. The highest BCUT2D eigenvalue weighted by Crippen LogP contribution is 2.37. The average Bonchev–Trinajstić information content (AvgIpc) is 3.17. The first kappa shape index (κ1) is 19.3. The van der Waals surface area contributed by atoms with E-state index < -0.39 is 5.91 Å². The van der Waals surface area contributed by atoms with Crippen molar-refractivity contribution in [3.8, 4) is 5.75 Å². The fraction of sp³-hybridized carbons (Fsp3) is 0.400. The zero-order valence-electron chi connectivity index (χ0n) is 16.5. The molecule has 0 saturated carbocycles. The summed E-state index contributed by atoms with van der Waals surface area (Å²) in [7, 11) is 1.65. The summed E-state index contributed by atoms with van der Waals surface area (Å²) in [5.74, 6) is 1.13. The molecule has 2 N–H and O–H groups in total. The van der Waals surface area contributed by atoms with E-state index >= 15 is 0 Å². The van der Waals surface area contributed by atoms with Gasteiger partial charge < -0.3 is 20.1 Å². The number of nitrogens with zero attached hydrogens (tertiary/aromatic N) is 5. The minimum absolute atomic E-state index is 0.288. The van der Waals surface area contributed by atoms with Gasteiger partial charge in [0.2, 0.25) is 0 Å². The molecule has 10 heteroatoms. The predicted molar refractivity (Wildman–Crippen MR) is 114 cm³/mol. The van der Waals surface area contributed by atoms with Gasteiger partial charge in [0.05, 0.1) is 41.5 Å². The van der Waals surface area contributed by atoms with E-state index in [0.717, 1.165) is 58.6 Å². The standard InChI is InChI=1S/C20H21BrN6O3/c1-29-17-7-13-15(8-14(17)21)23-11-24-19(13)26-4-2-20(3-5-26)10-27-12(9-30-20)6-16(25-27)18(22)28/h6-8,11H,2-5,9-10H2,1H3,(H2,22,28). The number of rotatable bonds is 3. The average molecular weight is 473 g/mol. The summed E-state index contributed by atoms with van der Waals surface area (Å²) in [6.07, 6.45) is 3.26. The Kier molecular flexibility index (Phi) is 4.62. The van der Waals surface area contributed by atoms with Gasteiger partial charge in [-0.1, -0.05) is 0 Å². The third kappa shape index (κ3) is 3.20. The summed E-state index contributed by atoms with van der Waals surface area (Å²) in [5.41, 5.74) is 7.11. The first-order chi connectivity index (χ1) is 14.5. The first-order valence-corrected chi connectivity index (χ1v) is 10.5. The third-order valence-corrected chi connectivity index (χ3v) is 6.56. The van der Waals surface area contributed by atoms with Crippen LogP contribution in [-0.4, -0.2) is 51.5 Å². The van der Waals surface area contributed by atoms with Gasteiger partial charge in [-0.3, -0.25) is 9.48 Å². The lowest BCUT2D eigenvalue weighted by Gasteiger charge is -2.44. The summed E-state index contributed by atoms with van der Waals surface area (Å²) < 4.78 is 14.4. The quantitative estimate of drug-likeness (QED) is 0.622. The molecular weight excluding hydrogens is 452 g/mol. The number of carbonyl (C=O) groups is 1. The molecule has 1 fully saturated rings. The highest BCUT2D eigenvalue weighted by molar-refractivity contribution is 9.10. The second kappa shape index (κ2) is 7.21. The number of amides is 1. The van der Waals surface area contributed by atoms with Gasteiger partial charge >= 0.3 is 0 Å². The second-order valence-electron chi connectivity index (χ2n) is 7.70. The Bertz CT molecular complexity index is 1140. The van der Waals surface area contributed by atoms with Crippen LogP contribution in [0, 0.1) is 0 Å². The van der Waals surface area contributed by atoms with Crippen molar-refractivity contribution in [2.24, 2.45) is 5.73 Å². The van der Waals surface area contributed by atoms with E-state index in [9.17, 15) is 4.79 Å². The largest absolute Gasteiger partial charge is 0.496 e. The topological polar surface area (TPSA) is 108 Å². The van der Waals surface area contributed by atoms with Gasteiger partial charge in [0, 0.05) is 18.5 Å². The van der Waals surface area contributed by atoms with Crippen molar-refractivity contribution in [3.05, 3.63) is 40.4 Å². The van der Waals surface area contributed by atoms with E-state index in [2.05, 4.69) is 35.9 Å². The molecule has 2 aromatic heterocycles. The van der Waals surface area contributed by atoms with E-state index in [1.54, 1.807) is 19.5 Å². The molecule has 0 aliphatic carbocycles. The molecule has 1 amide bonds. The van der Waals surface area contributed by atoms with Crippen LogP contribution in [-0.2, 0) is 17.9 Å². The summed E-state index contributed by atoms with van der Waals surface area (Å²) in [6, 6.07) is 5.63. The first-order valence-electron chi connectivity index (χ1n) is 9.72. The maximum atomic E-state index is 11.4. The van der Waals surface area contributed by atoms with Crippen LogP contribution >= 0.6 is 15.9 Å². The van der Waals surface area contributed by atoms with Crippen LogP contribution in [0.1, 0.15) is 29.0 Å². The number of piperidine rings is 1. The van der Waals surface area contributed by atoms with Crippen LogP contribution in [0.15, 0.2) is 29.0 Å². The molecule has 156 valence electrons. The number of methoxy groups -OCH3 is 1. The van der Waals surface area contributed by atoms with Gasteiger partial charge in [-0.15, -0.1) is 0 Å². The molecule has 0 atom stereocenters. The number of hydrogen-bond acceptors (Lipinski definition) is 7. The van der Waals surface area contributed by atoms with E-state index in [1.165, 1.54) is 0 Å². The lowest BCUT2D eigenvalue weighted by Crippen LogP contribution is -2.51. The number of halogens is 1. The number of fused-ring (bicyclic) bond motifs is 2. The Morgan fingerprint density at radius 3 is 2.80 bits per heavy atom. The van der Waals surface area contributed by atoms with Crippen LogP contribution in [0.4, 0.5) is 5.82 Å². The van der Waals surface area contributed by atoms with Gasteiger partial charge in [0.15, 0.2) is 0 Å². The minimum Gasteiger partial charge on any atom is -0.496 e. The molecule has 1 spiro atoms. The highest BCUT2D eigenvalue weighted by atomic mass is 79.9. The zero-order chi connectivity index (χ0) is 20.9. The summed E-state index contributed by atoms with van der Waals surface area (Å²) in [5, 5.41) is 5.31. The van der Waals surface area contributed by atoms with Gasteiger partial charge in [0.1, 0.15) is 23.6 Å². The number of nitrogens with two attached hydrogens (primary N) is 1. The summed E-state index contributed by atoms with van der Waals surface area (Å²) in [4.78, 5) is 22.7. The Morgan fingerprint density at radius 1 is 1.27 bits per heavy atom. The normalized spacial score (nSPS) is 17.9. The zero-order valence-corrected chi connectivity index (χ0v) is 18.1. The van der Waals surface area contributed by atoms with Crippen molar-refractivity contribution in [1.82, 2.24) is 19.7 Å². The SMILES string of the molecule is COc1cc2c(N3CCC4(CC3)Cn3nc(C(N)=O)cc3CO4)ncnc2cc1Br. The maximum Gasteiger partial charge on any atom is 0.269 e. The summed E-state index contributed by atoms with van der Waals surface area (Å²) in [6.45, 7) is 2.64. The number of aromatic nitrogens is 4. The van der Waals surface area contributed by atoms with Crippen LogP contribution in [0.3, 0.4) is 0 Å². The van der Waals surface area contributed by atoms with E-state index in [-0.39, 0.29) is 11.3 Å². The number of benzene rings is 1. The fourth-order valence-electron chi connectivity index (χ4n) is 4.26. The molecule has 4 heterocycles. The smallest absolute Gasteiger partial charge is 0.269 e. The third-order valence-electron chi connectivity index (χ3n) is 5.94. The molecule has 5 rings (SSSR count). The lowest BCUT2D eigenvalue weighted by atomic mass is 9.90. The number of anilines is 1. The number of ether oxygens (including phenoxy) is 2. The van der Waals surface area contributed by atoms with Gasteiger partial charge in [-0.2, -0.15) is 5.10 Å². The van der Waals surface area contributed by atoms with E-state index in [0.29, 0.717) is 13.2 Å². The van der Waals surface area contributed by atoms with Gasteiger partial charge in [0.25, 0.3) is 5.91 Å². The molecule has 2 aliphatic rings. The highest BCUT2D eigenvalue weighted by Gasteiger charge is 2.40. The predicted octanol–water partition coefficient (Wildman–Crippen LogP) is 2.27. The Morgan fingerprint density at radius 2 is 2.07 bits per heavy atom. The Labute approximate surface area is 181 Å². The van der Waals surface area contributed by atoms with Crippen molar-refractivity contribution in [2.45, 2.75) is 31.6 Å². The molecular formula is C20H21BrN6O3. The van der Waals surface area contributed by atoms with Crippen LogP contribution < -0.4 is 15.4 Å². The monoisotopic (exact) mass is 472 g/mol. The summed E-state index contributed by atoms with van der Waals surface area (Å²) >= 11 is 3.52. The van der Waals surface area contributed by atoms with E-state index in [1.807, 2.05) is 16.8 Å². The van der Waals surface area contributed by atoms with Gasteiger partial charge in [-0.25, -0.2) is 9.97 Å². The Balaban J connectivity index is 1.38. The van der Waals surface area contributed by atoms with Crippen LogP contribution in [0.25, 0.3) is 10.9 Å². The Hall–Kier alpha value is -2.72. The number of carbonyl (C=O) groups excluding carboxylic acids is 1.